The molecule has 0 aliphatic carbocycles. The highest BCUT2D eigenvalue weighted by Crippen LogP contribution is 2.15. The van der Waals surface area contributed by atoms with Gasteiger partial charge in [-0.3, -0.25) is 14.5 Å². The molecule has 0 bridgehead atoms. The Morgan fingerprint density at radius 2 is 2.04 bits per heavy atom. The molecule has 2 heterocycles. The quantitative estimate of drug-likeness (QED) is 0.796. The van der Waals surface area contributed by atoms with Gasteiger partial charge in [0.05, 0.1) is 6.54 Å². The maximum Gasteiger partial charge on any atom is 0.253 e. The minimum absolute atomic E-state index is 0.00817. The average molecular weight is 383 g/mol. The molecule has 1 aliphatic rings. The third-order valence-corrected chi connectivity index (χ3v) is 5.21. The Kier molecular flexibility index (Phi) is 6.31. The molecule has 1 fully saturated rings. The zero-order valence-corrected chi connectivity index (χ0v) is 16.6. The van der Waals surface area contributed by atoms with Crippen LogP contribution in [-0.4, -0.2) is 45.2 Å². The van der Waals surface area contributed by atoms with Gasteiger partial charge in [-0.05, 0) is 50.4 Å². The number of pyridine rings is 1. The molecular weight excluding hydrogens is 354 g/mol. The first-order valence-corrected chi connectivity index (χ1v) is 9.80. The number of piperidine rings is 1. The number of amides is 1. The molecule has 1 aromatic carbocycles. The first kappa shape index (κ1) is 20.3. The second-order valence-electron chi connectivity index (χ2n) is 7.98. The van der Waals surface area contributed by atoms with Crippen LogP contribution >= 0.6 is 0 Å². The molecule has 2 N–H and O–H groups in total. The van der Waals surface area contributed by atoms with E-state index in [0.29, 0.717) is 0 Å². The lowest BCUT2D eigenvalue weighted by Crippen LogP contribution is -2.55. The van der Waals surface area contributed by atoms with Crippen molar-refractivity contribution in [2.75, 3.05) is 13.1 Å². The van der Waals surface area contributed by atoms with Crippen molar-refractivity contribution in [2.24, 2.45) is 0 Å². The Morgan fingerprint density at radius 1 is 1.29 bits per heavy atom. The molecule has 0 spiro atoms. The van der Waals surface area contributed by atoms with Gasteiger partial charge in [-0.1, -0.05) is 30.3 Å². The smallest absolute Gasteiger partial charge is 0.253 e. The summed E-state index contributed by atoms with van der Waals surface area (Å²) < 4.78 is 1.37. The van der Waals surface area contributed by atoms with E-state index in [9.17, 15) is 14.7 Å². The van der Waals surface area contributed by atoms with Gasteiger partial charge >= 0.3 is 0 Å². The Morgan fingerprint density at radius 3 is 2.75 bits per heavy atom. The van der Waals surface area contributed by atoms with Crippen LogP contribution in [0.3, 0.4) is 0 Å². The predicted octanol–water partition coefficient (Wildman–Crippen LogP) is 1.69. The molecular formula is C22H29N3O3. The number of hydrogen-bond donors (Lipinski definition) is 2. The highest BCUT2D eigenvalue weighted by molar-refractivity contribution is 5.84. The van der Waals surface area contributed by atoms with Gasteiger partial charge in [0.15, 0.2) is 5.60 Å². The van der Waals surface area contributed by atoms with Crippen molar-refractivity contribution >= 4 is 5.91 Å². The van der Waals surface area contributed by atoms with Crippen molar-refractivity contribution in [3.63, 3.8) is 0 Å². The maximum atomic E-state index is 12.7. The zero-order chi connectivity index (χ0) is 20.1. The summed E-state index contributed by atoms with van der Waals surface area (Å²) in [5.41, 5.74) is 0.229. The summed E-state index contributed by atoms with van der Waals surface area (Å²) in [5, 5.41) is 13.7. The predicted molar refractivity (Wildman–Crippen MR) is 109 cm³/mol. The Labute approximate surface area is 165 Å². The molecule has 2 atom stereocenters. The molecule has 3 rings (SSSR count). The van der Waals surface area contributed by atoms with Gasteiger partial charge in [-0.15, -0.1) is 0 Å². The highest BCUT2D eigenvalue weighted by Gasteiger charge is 2.33. The van der Waals surface area contributed by atoms with Crippen molar-refractivity contribution in [3.05, 3.63) is 70.1 Å². The van der Waals surface area contributed by atoms with Crippen LogP contribution in [0.15, 0.2) is 53.5 Å². The van der Waals surface area contributed by atoms with Crippen LogP contribution in [0, 0.1) is 6.92 Å². The summed E-state index contributed by atoms with van der Waals surface area (Å²) in [5.74, 6) is -0.438. The average Bonchev–Trinajstić information content (AvgIpc) is 2.65. The SMILES string of the molecule is Cc1ccn(CC(C)(O)C(=O)NC2CCCN(Cc3ccccc3)C2)c(=O)c1. The molecule has 1 aromatic heterocycles. The van der Waals surface area contributed by atoms with E-state index in [1.807, 2.05) is 25.1 Å². The third kappa shape index (κ3) is 5.30. The molecule has 1 aliphatic heterocycles. The monoisotopic (exact) mass is 383 g/mol. The van der Waals surface area contributed by atoms with Crippen LogP contribution in [-0.2, 0) is 17.9 Å². The van der Waals surface area contributed by atoms with Gasteiger partial charge in [0.1, 0.15) is 0 Å². The van der Waals surface area contributed by atoms with E-state index in [4.69, 9.17) is 0 Å². The number of aliphatic hydroxyl groups is 1. The van der Waals surface area contributed by atoms with Gasteiger partial charge in [-0.2, -0.15) is 0 Å². The number of nitrogens with zero attached hydrogens (tertiary/aromatic N) is 2. The minimum Gasteiger partial charge on any atom is -0.378 e. The lowest BCUT2D eigenvalue weighted by atomic mass is 10.0. The minimum atomic E-state index is -1.65. The molecule has 6 heteroatoms. The summed E-state index contributed by atoms with van der Waals surface area (Å²) in [6.07, 6.45) is 3.50. The van der Waals surface area contributed by atoms with Crippen LogP contribution < -0.4 is 10.9 Å². The summed E-state index contributed by atoms with van der Waals surface area (Å²) in [6, 6.07) is 13.6. The molecule has 150 valence electrons. The summed E-state index contributed by atoms with van der Waals surface area (Å²) in [7, 11) is 0. The first-order chi connectivity index (χ1) is 13.3. The Bertz CT molecular complexity index is 861. The van der Waals surface area contributed by atoms with Crippen LogP contribution in [0.4, 0.5) is 0 Å². The maximum absolute atomic E-state index is 12.7. The summed E-state index contributed by atoms with van der Waals surface area (Å²) in [6.45, 7) is 5.82. The number of aromatic nitrogens is 1. The second kappa shape index (κ2) is 8.71. The van der Waals surface area contributed by atoms with Crippen molar-refractivity contribution in [1.82, 2.24) is 14.8 Å². The van der Waals surface area contributed by atoms with Crippen LogP contribution in [0.5, 0.6) is 0 Å². The molecule has 0 radical (unpaired) electrons. The van der Waals surface area contributed by atoms with Crippen LogP contribution in [0.2, 0.25) is 0 Å². The standard InChI is InChI=1S/C22H29N3O3/c1-17-10-12-25(20(26)13-17)16-22(2,28)21(27)23-19-9-6-11-24(15-19)14-18-7-4-3-5-8-18/h3-5,7-8,10,12-13,19,28H,6,9,11,14-16H2,1-2H3,(H,23,27). The third-order valence-electron chi connectivity index (χ3n) is 5.21. The Balaban J connectivity index is 1.58. The molecule has 1 amide bonds. The zero-order valence-electron chi connectivity index (χ0n) is 16.6. The van der Waals surface area contributed by atoms with Crippen molar-refractivity contribution in [3.8, 4) is 0 Å². The van der Waals surface area contributed by atoms with Gasteiger partial charge in [0.2, 0.25) is 0 Å². The molecule has 2 aromatic rings. The van der Waals surface area contributed by atoms with E-state index in [1.165, 1.54) is 23.1 Å². The van der Waals surface area contributed by atoms with Crippen molar-refractivity contribution < 1.29 is 9.90 Å². The van der Waals surface area contributed by atoms with E-state index in [2.05, 4.69) is 22.3 Å². The number of rotatable bonds is 6. The number of nitrogens with one attached hydrogen (secondary N) is 1. The summed E-state index contributed by atoms with van der Waals surface area (Å²) in [4.78, 5) is 27.1. The topological polar surface area (TPSA) is 74.6 Å². The highest BCUT2D eigenvalue weighted by atomic mass is 16.3. The van der Waals surface area contributed by atoms with Crippen molar-refractivity contribution in [1.29, 1.82) is 0 Å². The van der Waals surface area contributed by atoms with Gasteiger partial charge in [0.25, 0.3) is 11.5 Å². The van der Waals surface area contributed by atoms with Gasteiger partial charge in [-0.25, -0.2) is 0 Å². The van der Waals surface area contributed by atoms with Crippen LogP contribution in [0.25, 0.3) is 0 Å². The van der Waals surface area contributed by atoms with E-state index in [-0.39, 0.29) is 18.1 Å². The first-order valence-electron chi connectivity index (χ1n) is 9.80. The van der Waals surface area contributed by atoms with E-state index < -0.39 is 11.5 Å². The number of carbonyl (C=O) groups is 1. The number of hydrogen-bond acceptors (Lipinski definition) is 4. The van der Waals surface area contributed by atoms with E-state index in [1.54, 1.807) is 12.3 Å². The van der Waals surface area contributed by atoms with Crippen LogP contribution in [0.1, 0.15) is 30.9 Å². The molecule has 1 saturated heterocycles. The fraction of sp³-hybridized carbons (Fsp3) is 0.455. The number of benzene rings is 1. The molecule has 0 saturated carbocycles. The lowest BCUT2D eigenvalue weighted by molar-refractivity contribution is -0.140. The lowest BCUT2D eigenvalue weighted by Gasteiger charge is -2.35. The van der Waals surface area contributed by atoms with Crippen molar-refractivity contribution in [2.45, 2.75) is 51.4 Å². The van der Waals surface area contributed by atoms with E-state index in [0.717, 1.165) is 38.0 Å². The fourth-order valence-electron chi connectivity index (χ4n) is 3.64. The van der Waals surface area contributed by atoms with Gasteiger partial charge < -0.3 is 15.0 Å². The molecule has 2 unspecified atom stereocenters. The van der Waals surface area contributed by atoms with Gasteiger partial charge in [0, 0.05) is 31.4 Å². The molecule has 6 nitrogen and oxygen atoms in total. The number of carbonyl (C=O) groups excluding carboxylic acids is 1. The fourth-order valence-corrected chi connectivity index (χ4v) is 3.64. The largest absolute Gasteiger partial charge is 0.378 e. The number of aryl methyl sites for hydroxylation is 1. The Hall–Kier alpha value is -2.44. The van der Waals surface area contributed by atoms with E-state index >= 15 is 0 Å². The normalized spacial score (nSPS) is 19.8. The second-order valence-corrected chi connectivity index (χ2v) is 7.98. The number of likely N-dealkylation sites (tertiary alicyclic amines) is 1. The summed E-state index contributed by atoms with van der Waals surface area (Å²) >= 11 is 0. The molecule has 28 heavy (non-hydrogen) atoms.